The molecule has 0 aliphatic heterocycles. The molecule has 0 saturated heterocycles. The molecule has 0 spiro atoms. The molecular formula is C7H10IN. The lowest BCUT2D eigenvalue weighted by molar-refractivity contribution is 0.831. The molecule has 50 valence electrons. The van der Waals surface area contributed by atoms with E-state index < -0.39 is 0 Å². The third kappa shape index (κ3) is 7.96. The SMILES string of the molecule is N#CC=CCCCCI. The van der Waals surface area contributed by atoms with Gasteiger partial charge in [-0.25, -0.2) is 0 Å². The van der Waals surface area contributed by atoms with Gasteiger partial charge in [0.2, 0.25) is 0 Å². The van der Waals surface area contributed by atoms with Crippen molar-refractivity contribution in [3.63, 3.8) is 0 Å². The molecule has 0 aliphatic carbocycles. The van der Waals surface area contributed by atoms with Crippen molar-refractivity contribution in [2.75, 3.05) is 4.43 Å². The fraction of sp³-hybridized carbons (Fsp3) is 0.571. The minimum atomic E-state index is 1.05. The van der Waals surface area contributed by atoms with Gasteiger partial charge in [0.1, 0.15) is 0 Å². The van der Waals surface area contributed by atoms with Gasteiger partial charge in [-0.3, -0.25) is 0 Å². The Labute approximate surface area is 69.9 Å². The molecule has 0 unspecified atom stereocenters. The number of hydrogen-bond acceptors (Lipinski definition) is 1. The van der Waals surface area contributed by atoms with Crippen LogP contribution in [0.2, 0.25) is 0 Å². The summed E-state index contributed by atoms with van der Waals surface area (Å²) < 4.78 is 1.22. The maximum atomic E-state index is 8.08. The van der Waals surface area contributed by atoms with E-state index in [-0.39, 0.29) is 0 Å². The number of nitrogens with zero attached hydrogens (tertiary/aromatic N) is 1. The zero-order chi connectivity index (χ0) is 6.95. The summed E-state index contributed by atoms with van der Waals surface area (Å²) in [4.78, 5) is 0. The maximum Gasteiger partial charge on any atom is 0.0908 e. The van der Waals surface area contributed by atoms with Crippen LogP contribution < -0.4 is 0 Å². The average Bonchev–Trinajstić information content (AvgIpc) is 1.89. The highest BCUT2D eigenvalue weighted by atomic mass is 127. The first-order valence-electron chi connectivity index (χ1n) is 3.02. The summed E-state index contributed by atoms with van der Waals surface area (Å²) in [6.07, 6.45) is 6.99. The first-order chi connectivity index (χ1) is 4.41. The molecule has 0 atom stereocenters. The Kier molecular flexibility index (Phi) is 7.92. The van der Waals surface area contributed by atoms with Gasteiger partial charge in [-0.05, 0) is 23.7 Å². The molecule has 0 amide bonds. The Bertz CT molecular complexity index is 113. The van der Waals surface area contributed by atoms with Crippen LogP contribution in [0, 0.1) is 11.3 Å². The Morgan fingerprint density at radius 2 is 2.22 bits per heavy atom. The van der Waals surface area contributed by atoms with Crippen molar-refractivity contribution in [1.82, 2.24) is 0 Å². The average molecular weight is 235 g/mol. The molecule has 0 heterocycles. The molecule has 1 nitrogen and oxygen atoms in total. The van der Waals surface area contributed by atoms with Crippen molar-refractivity contribution in [3.05, 3.63) is 12.2 Å². The van der Waals surface area contributed by atoms with Gasteiger partial charge in [-0.2, -0.15) is 5.26 Å². The number of nitriles is 1. The summed E-state index contributed by atoms with van der Waals surface area (Å²) in [5.41, 5.74) is 0. The predicted molar refractivity (Wildman–Crippen MR) is 47.5 cm³/mol. The second kappa shape index (κ2) is 7.96. The number of halogens is 1. The van der Waals surface area contributed by atoms with Crippen molar-refractivity contribution in [2.45, 2.75) is 19.3 Å². The van der Waals surface area contributed by atoms with E-state index >= 15 is 0 Å². The normalized spacial score (nSPS) is 9.78. The summed E-state index contributed by atoms with van der Waals surface area (Å²) in [5, 5.41) is 8.08. The maximum absolute atomic E-state index is 8.08. The summed E-state index contributed by atoms with van der Waals surface area (Å²) in [6, 6.07) is 1.96. The number of alkyl halides is 1. The molecule has 0 rings (SSSR count). The van der Waals surface area contributed by atoms with Crippen molar-refractivity contribution >= 4 is 22.6 Å². The quantitative estimate of drug-likeness (QED) is 0.318. The fourth-order valence-electron chi connectivity index (χ4n) is 0.493. The molecular weight excluding hydrogens is 225 g/mol. The van der Waals surface area contributed by atoms with Crippen LogP contribution in [0.1, 0.15) is 19.3 Å². The smallest absolute Gasteiger partial charge is 0.0908 e. The van der Waals surface area contributed by atoms with Gasteiger partial charge < -0.3 is 0 Å². The van der Waals surface area contributed by atoms with E-state index in [1.165, 1.54) is 17.3 Å². The molecule has 9 heavy (non-hydrogen) atoms. The molecule has 0 aromatic rings. The van der Waals surface area contributed by atoms with Crippen molar-refractivity contribution < 1.29 is 0 Å². The van der Waals surface area contributed by atoms with Crippen LogP contribution in [0.15, 0.2) is 12.2 Å². The molecule has 0 saturated carbocycles. The first kappa shape index (κ1) is 8.96. The molecule has 0 N–H and O–H groups in total. The highest BCUT2D eigenvalue weighted by molar-refractivity contribution is 14.1. The number of hydrogen-bond donors (Lipinski definition) is 0. The standard InChI is InChI=1S/C7H10IN/c8-6-4-2-1-3-5-7-9/h3,5H,1-2,4,6H2. The monoisotopic (exact) mass is 235 g/mol. The summed E-state index contributed by atoms with van der Waals surface area (Å²) in [5.74, 6) is 0. The molecule has 0 aliphatic rings. The number of unbranched alkanes of at least 4 members (excludes halogenated alkanes) is 2. The summed E-state index contributed by atoms with van der Waals surface area (Å²) in [6.45, 7) is 0. The second-order valence-corrected chi connectivity index (χ2v) is 2.79. The Morgan fingerprint density at radius 1 is 1.44 bits per heavy atom. The zero-order valence-corrected chi connectivity index (χ0v) is 7.47. The van der Waals surface area contributed by atoms with Crippen molar-refractivity contribution in [3.8, 4) is 6.07 Å². The summed E-state index contributed by atoms with van der Waals surface area (Å²) in [7, 11) is 0. The predicted octanol–water partition coefficient (Wildman–Crippen LogP) is 2.67. The van der Waals surface area contributed by atoms with E-state index in [0.29, 0.717) is 0 Å². The van der Waals surface area contributed by atoms with Crippen LogP contribution in [0.3, 0.4) is 0 Å². The third-order valence-corrected chi connectivity index (χ3v) is 1.71. The van der Waals surface area contributed by atoms with Crippen LogP contribution >= 0.6 is 22.6 Å². The van der Waals surface area contributed by atoms with Crippen molar-refractivity contribution in [2.24, 2.45) is 0 Å². The van der Waals surface area contributed by atoms with Crippen LogP contribution in [0.4, 0.5) is 0 Å². The van der Waals surface area contributed by atoms with Crippen molar-refractivity contribution in [1.29, 1.82) is 5.26 Å². The minimum Gasteiger partial charge on any atom is -0.193 e. The first-order valence-corrected chi connectivity index (χ1v) is 4.55. The van der Waals surface area contributed by atoms with Gasteiger partial charge in [0.05, 0.1) is 6.07 Å². The van der Waals surface area contributed by atoms with E-state index in [1.807, 2.05) is 12.1 Å². The molecule has 0 radical (unpaired) electrons. The van der Waals surface area contributed by atoms with Gasteiger partial charge >= 0.3 is 0 Å². The molecule has 0 aromatic heterocycles. The molecule has 0 bridgehead atoms. The van der Waals surface area contributed by atoms with Gasteiger partial charge in [-0.1, -0.05) is 28.7 Å². The lowest BCUT2D eigenvalue weighted by Gasteiger charge is -1.87. The van der Waals surface area contributed by atoms with Crippen LogP contribution in [-0.2, 0) is 0 Å². The zero-order valence-electron chi connectivity index (χ0n) is 5.31. The topological polar surface area (TPSA) is 23.8 Å². The van der Waals surface area contributed by atoms with E-state index in [4.69, 9.17) is 5.26 Å². The highest BCUT2D eigenvalue weighted by Crippen LogP contribution is 1.98. The minimum absolute atomic E-state index is 1.05. The van der Waals surface area contributed by atoms with Gasteiger partial charge in [0, 0.05) is 6.08 Å². The molecule has 0 fully saturated rings. The molecule has 2 heteroatoms. The van der Waals surface area contributed by atoms with E-state index in [1.54, 1.807) is 6.08 Å². The van der Waals surface area contributed by atoms with Gasteiger partial charge in [-0.15, -0.1) is 0 Å². The Balaban J connectivity index is 2.93. The fourth-order valence-corrected chi connectivity index (χ4v) is 1.03. The van der Waals surface area contributed by atoms with Crippen LogP contribution in [-0.4, -0.2) is 4.43 Å². The second-order valence-electron chi connectivity index (χ2n) is 1.72. The van der Waals surface area contributed by atoms with E-state index in [2.05, 4.69) is 22.6 Å². The van der Waals surface area contributed by atoms with Crippen LogP contribution in [0.25, 0.3) is 0 Å². The Hall–Kier alpha value is -0.0400. The Morgan fingerprint density at radius 3 is 2.78 bits per heavy atom. The van der Waals surface area contributed by atoms with Gasteiger partial charge in [0.25, 0.3) is 0 Å². The lowest BCUT2D eigenvalue weighted by Crippen LogP contribution is -1.72. The summed E-state index contributed by atoms with van der Waals surface area (Å²) >= 11 is 2.36. The highest BCUT2D eigenvalue weighted by Gasteiger charge is 1.80. The van der Waals surface area contributed by atoms with Gasteiger partial charge in [0.15, 0.2) is 0 Å². The third-order valence-electron chi connectivity index (χ3n) is 0.947. The van der Waals surface area contributed by atoms with E-state index in [9.17, 15) is 0 Å². The molecule has 0 aromatic carbocycles. The number of rotatable bonds is 4. The van der Waals surface area contributed by atoms with E-state index in [0.717, 1.165) is 6.42 Å². The number of allylic oxidation sites excluding steroid dienone is 2. The lowest BCUT2D eigenvalue weighted by atomic mass is 10.2. The van der Waals surface area contributed by atoms with Crippen LogP contribution in [0.5, 0.6) is 0 Å². The largest absolute Gasteiger partial charge is 0.193 e.